The third-order valence-electron chi connectivity index (χ3n) is 3.95. The number of carbonyl (C=O) groups excluding carboxylic acids is 1. The molecule has 3 rings (SSSR count). The summed E-state index contributed by atoms with van der Waals surface area (Å²) in [5.74, 6) is 1.32. The normalized spacial score (nSPS) is 16.5. The summed E-state index contributed by atoms with van der Waals surface area (Å²) < 4.78 is 5.21. The monoisotopic (exact) mass is 369 g/mol. The Morgan fingerprint density at radius 1 is 1.12 bits per heavy atom. The van der Waals surface area contributed by atoms with Crippen LogP contribution in [0.25, 0.3) is 0 Å². The molecule has 0 aliphatic carbocycles. The average molecular weight is 369 g/mol. The van der Waals surface area contributed by atoms with Crippen LogP contribution in [0.2, 0.25) is 0 Å². The van der Waals surface area contributed by atoms with Crippen LogP contribution in [0.5, 0.6) is 5.75 Å². The maximum atomic E-state index is 13.2. The van der Waals surface area contributed by atoms with E-state index in [-0.39, 0.29) is 12.1 Å². The van der Waals surface area contributed by atoms with Gasteiger partial charge in [0.05, 0.1) is 19.5 Å². The van der Waals surface area contributed by atoms with Crippen molar-refractivity contribution in [2.75, 3.05) is 17.9 Å². The van der Waals surface area contributed by atoms with E-state index in [4.69, 9.17) is 4.74 Å². The minimum atomic E-state index is -0.0582. The van der Waals surface area contributed by atoms with Crippen LogP contribution < -0.4 is 9.64 Å². The van der Waals surface area contributed by atoms with Gasteiger partial charge < -0.3 is 4.74 Å². The molecular formula is C20H23N3O2S. The van der Waals surface area contributed by atoms with E-state index in [1.807, 2.05) is 68.4 Å². The number of hydrogen-bond donors (Lipinski definition) is 0. The Hall–Kier alpha value is -2.47. The molecule has 1 saturated heterocycles. The second-order valence-corrected chi connectivity index (χ2v) is 7.17. The molecule has 1 aliphatic heterocycles. The van der Waals surface area contributed by atoms with Gasteiger partial charge in [-0.3, -0.25) is 14.8 Å². The Morgan fingerprint density at radius 2 is 1.81 bits per heavy atom. The van der Waals surface area contributed by atoms with Gasteiger partial charge in [0.2, 0.25) is 0 Å². The van der Waals surface area contributed by atoms with Crippen molar-refractivity contribution in [3.05, 3.63) is 60.2 Å². The number of thioether (sulfide) groups is 1. The quantitative estimate of drug-likeness (QED) is 0.774. The Kier molecular flexibility index (Phi) is 5.83. The Labute approximate surface area is 158 Å². The van der Waals surface area contributed by atoms with E-state index in [2.05, 4.69) is 4.99 Å². The number of amides is 2. The molecule has 26 heavy (non-hydrogen) atoms. The Balaban J connectivity index is 1.88. The van der Waals surface area contributed by atoms with E-state index in [1.54, 1.807) is 28.7 Å². The average Bonchev–Trinajstić information content (AvgIpc) is 2.65. The van der Waals surface area contributed by atoms with Crippen LogP contribution in [-0.4, -0.2) is 35.1 Å². The summed E-state index contributed by atoms with van der Waals surface area (Å²) in [4.78, 5) is 21.4. The lowest BCUT2D eigenvalue weighted by Gasteiger charge is -2.36. The van der Waals surface area contributed by atoms with Gasteiger partial charge in [-0.05, 0) is 43.7 Å². The highest BCUT2D eigenvalue weighted by Gasteiger charge is 2.32. The fraction of sp³-hybridized carbons (Fsp3) is 0.300. The number of nitrogens with zero attached hydrogens (tertiary/aromatic N) is 3. The number of rotatable bonds is 5. The molecule has 2 aromatic rings. The molecular weight excluding hydrogens is 346 g/mol. The number of hydrogen-bond acceptors (Lipinski definition) is 4. The maximum absolute atomic E-state index is 13.2. The summed E-state index contributed by atoms with van der Waals surface area (Å²) >= 11 is 1.59. The highest BCUT2D eigenvalue weighted by molar-refractivity contribution is 8.14. The van der Waals surface area contributed by atoms with Gasteiger partial charge in [-0.1, -0.05) is 42.1 Å². The Bertz CT molecular complexity index is 775. The number of carbonyl (C=O) groups is 1. The highest BCUT2D eigenvalue weighted by atomic mass is 32.2. The van der Waals surface area contributed by atoms with Crippen LogP contribution in [0.3, 0.4) is 0 Å². The molecule has 1 fully saturated rings. The van der Waals surface area contributed by atoms with E-state index in [0.29, 0.717) is 12.4 Å². The first-order valence-electron chi connectivity index (χ1n) is 8.56. The van der Waals surface area contributed by atoms with Crippen LogP contribution in [0.4, 0.5) is 10.5 Å². The van der Waals surface area contributed by atoms with Crippen molar-refractivity contribution in [3.63, 3.8) is 0 Å². The summed E-state index contributed by atoms with van der Waals surface area (Å²) in [5.41, 5.74) is 1.93. The van der Waals surface area contributed by atoms with Crippen LogP contribution >= 0.6 is 11.8 Å². The molecule has 0 bridgehead atoms. The van der Waals surface area contributed by atoms with Crippen molar-refractivity contribution in [2.24, 2.45) is 4.99 Å². The number of urea groups is 1. The molecule has 6 heteroatoms. The molecule has 136 valence electrons. The predicted octanol–water partition coefficient (Wildman–Crippen LogP) is 4.59. The smallest absolute Gasteiger partial charge is 0.331 e. The number of amidine groups is 1. The van der Waals surface area contributed by atoms with Gasteiger partial charge in [0, 0.05) is 11.7 Å². The largest absolute Gasteiger partial charge is 0.497 e. The second-order valence-electron chi connectivity index (χ2n) is 6.26. The molecule has 5 nitrogen and oxygen atoms in total. The van der Waals surface area contributed by atoms with E-state index in [1.165, 1.54) is 0 Å². The fourth-order valence-corrected chi connectivity index (χ4v) is 3.75. The molecule has 1 heterocycles. The lowest BCUT2D eigenvalue weighted by molar-refractivity contribution is 0.226. The first-order valence-corrected chi connectivity index (χ1v) is 9.54. The predicted molar refractivity (Wildman–Crippen MR) is 108 cm³/mol. The summed E-state index contributed by atoms with van der Waals surface area (Å²) in [6.45, 7) is 4.55. The first-order chi connectivity index (χ1) is 12.6. The summed E-state index contributed by atoms with van der Waals surface area (Å²) in [5, 5.41) is 0.776. The third kappa shape index (κ3) is 4.19. The van der Waals surface area contributed by atoms with Crippen molar-refractivity contribution in [3.8, 4) is 5.75 Å². The lowest BCUT2D eigenvalue weighted by Crippen LogP contribution is -2.50. The van der Waals surface area contributed by atoms with Crippen molar-refractivity contribution >= 4 is 28.6 Å². The molecule has 0 atom stereocenters. The zero-order valence-corrected chi connectivity index (χ0v) is 16.1. The van der Waals surface area contributed by atoms with Crippen molar-refractivity contribution in [1.82, 2.24) is 4.90 Å². The van der Waals surface area contributed by atoms with Gasteiger partial charge >= 0.3 is 6.03 Å². The third-order valence-corrected chi connectivity index (χ3v) is 4.92. The van der Waals surface area contributed by atoms with Crippen LogP contribution in [0.15, 0.2) is 59.6 Å². The van der Waals surface area contributed by atoms with Gasteiger partial charge in [-0.25, -0.2) is 4.79 Å². The molecule has 0 aromatic heterocycles. The standard InChI is InChI=1S/C20H23N3O2S/c1-15(2)21-19-22(13-16-7-5-4-6-8-16)20(24)23(14-26-19)17-9-11-18(25-3)12-10-17/h4-12,15H,13-14H2,1-3H3. The minimum Gasteiger partial charge on any atom is -0.497 e. The molecule has 0 radical (unpaired) electrons. The first kappa shape index (κ1) is 18.3. The fourth-order valence-electron chi connectivity index (χ4n) is 2.66. The van der Waals surface area contributed by atoms with Gasteiger partial charge in [0.1, 0.15) is 5.75 Å². The summed E-state index contributed by atoms with van der Waals surface area (Å²) in [6, 6.07) is 17.6. The topological polar surface area (TPSA) is 45.1 Å². The van der Waals surface area contributed by atoms with E-state index in [9.17, 15) is 4.79 Å². The van der Waals surface area contributed by atoms with E-state index in [0.717, 1.165) is 22.2 Å². The van der Waals surface area contributed by atoms with Gasteiger partial charge in [0.25, 0.3) is 0 Å². The van der Waals surface area contributed by atoms with Crippen LogP contribution in [0, 0.1) is 0 Å². The van der Waals surface area contributed by atoms with Crippen LogP contribution in [-0.2, 0) is 6.54 Å². The molecule has 0 spiro atoms. The molecule has 1 aliphatic rings. The van der Waals surface area contributed by atoms with Crippen molar-refractivity contribution in [1.29, 1.82) is 0 Å². The number of anilines is 1. The zero-order chi connectivity index (χ0) is 18.5. The summed E-state index contributed by atoms with van der Waals surface area (Å²) in [6.07, 6.45) is 0. The highest BCUT2D eigenvalue weighted by Crippen LogP contribution is 2.29. The van der Waals surface area contributed by atoms with Crippen molar-refractivity contribution in [2.45, 2.75) is 26.4 Å². The SMILES string of the molecule is COc1ccc(N2CSC(=NC(C)C)N(Cc3ccccc3)C2=O)cc1. The van der Waals surface area contributed by atoms with Crippen LogP contribution in [0.1, 0.15) is 19.4 Å². The number of ether oxygens (including phenoxy) is 1. The molecule has 0 unspecified atom stereocenters. The van der Waals surface area contributed by atoms with E-state index < -0.39 is 0 Å². The minimum absolute atomic E-state index is 0.0582. The summed E-state index contributed by atoms with van der Waals surface area (Å²) in [7, 11) is 1.63. The number of benzene rings is 2. The van der Waals surface area contributed by atoms with Gasteiger partial charge in [-0.15, -0.1) is 0 Å². The second kappa shape index (κ2) is 8.27. The van der Waals surface area contributed by atoms with Gasteiger partial charge in [0.15, 0.2) is 5.17 Å². The van der Waals surface area contributed by atoms with Gasteiger partial charge in [-0.2, -0.15) is 0 Å². The molecule has 2 amide bonds. The number of aliphatic imine (C=N–C) groups is 1. The zero-order valence-electron chi connectivity index (χ0n) is 15.3. The molecule has 2 aromatic carbocycles. The number of methoxy groups -OCH3 is 1. The van der Waals surface area contributed by atoms with E-state index >= 15 is 0 Å². The Morgan fingerprint density at radius 3 is 2.42 bits per heavy atom. The maximum Gasteiger partial charge on any atom is 0.331 e. The molecule has 0 saturated carbocycles. The van der Waals surface area contributed by atoms with Crippen molar-refractivity contribution < 1.29 is 9.53 Å². The lowest BCUT2D eigenvalue weighted by atomic mass is 10.2. The molecule has 0 N–H and O–H groups in total.